The number of hydrogen-bond acceptors (Lipinski definition) is 0. The fourth-order valence-electron chi connectivity index (χ4n) is 7.54. The van der Waals surface area contributed by atoms with Crippen LogP contribution in [-0.4, -0.2) is 0 Å². The van der Waals surface area contributed by atoms with Crippen molar-refractivity contribution in [1.82, 2.24) is 0 Å². The second kappa shape index (κ2) is 10.3. The molecule has 0 fully saturated rings. The largest absolute Gasteiger partial charge is 0.0991 e. The van der Waals surface area contributed by atoms with E-state index in [0.29, 0.717) is 0 Å². The van der Waals surface area contributed by atoms with Gasteiger partial charge in [0, 0.05) is 5.41 Å². The van der Waals surface area contributed by atoms with Crippen molar-refractivity contribution in [2.45, 2.75) is 19.3 Å². The van der Waals surface area contributed by atoms with E-state index in [9.17, 15) is 0 Å². The summed E-state index contributed by atoms with van der Waals surface area (Å²) in [6.45, 7) is 11.5. The predicted octanol–water partition coefficient (Wildman–Crippen LogP) is 12.7. The molecule has 1 aliphatic rings. The maximum absolute atomic E-state index is 3.36. The number of allylic oxidation sites excluding steroid dienone is 2. The summed E-state index contributed by atoms with van der Waals surface area (Å²) in [6, 6.07) is 49.9. The molecule has 214 valence electrons. The Balaban J connectivity index is 0.000000712. The Morgan fingerprint density at radius 1 is 0.422 bits per heavy atom. The smallest absolute Gasteiger partial charge is 0.0159 e. The highest BCUT2D eigenvalue weighted by molar-refractivity contribution is 6.25. The topological polar surface area (TPSA) is 0 Å². The molecule has 1 aliphatic carbocycles. The molecular formula is C45H34. The zero-order valence-corrected chi connectivity index (χ0v) is 25.8. The lowest BCUT2D eigenvalue weighted by Gasteiger charge is -2.23. The Labute approximate surface area is 264 Å². The second-order valence-electron chi connectivity index (χ2n) is 12.6. The van der Waals surface area contributed by atoms with Crippen LogP contribution < -0.4 is 0 Å². The van der Waals surface area contributed by atoms with E-state index < -0.39 is 0 Å². The van der Waals surface area contributed by atoms with Crippen LogP contribution in [0, 0.1) is 0 Å². The van der Waals surface area contributed by atoms with E-state index in [2.05, 4.69) is 160 Å². The minimum Gasteiger partial charge on any atom is -0.0991 e. The lowest BCUT2D eigenvalue weighted by atomic mass is 9.80. The van der Waals surface area contributed by atoms with Crippen LogP contribution in [0.2, 0.25) is 0 Å². The van der Waals surface area contributed by atoms with Crippen molar-refractivity contribution in [3.63, 3.8) is 0 Å². The first-order chi connectivity index (χ1) is 22.0. The molecule has 0 amide bonds. The van der Waals surface area contributed by atoms with E-state index in [1.54, 1.807) is 12.2 Å². The molecule has 0 heteroatoms. The molecule has 0 heterocycles. The maximum atomic E-state index is 3.36. The molecule has 0 radical (unpaired) electrons. The summed E-state index contributed by atoms with van der Waals surface area (Å²) in [4.78, 5) is 0. The third-order valence-electron chi connectivity index (χ3n) is 9.78. The zero-order valence-electron chi connectivity index (χ0n) is 25.8. The van der Waals surface area contributed by atoms with Crippen molar-refractivity contribution in [2.24, 2.45) is 0 Å². The highest BCUT2D eigenvalue weighted by Gasteiger charge is 2.36. The van der Waals surface area contributed by atoms with Gasteiger partial charge in [-0.05, 0) is 99.7 Å². The van der Waals surface area contributed by atoms with E-state index in [1.807, 2.05) is 0 Å². The molecule has 0 saturated carbocycles. The van der Waals surface area contributed by atoms with E-state index >= 15 is 0 Å². The van der Waals surface area contributed by atoms with Gasteiger partial charge < -0.3 is 0 Å². The Bertz CT molecular complexity index is 2410. The molecule has 0 spiro atoms. The van der Waals surface area contributed by atoms with Crippen molar-refractivity contribution in [1.29, 1.82) is 0 Å². The van der Waals surface area contributed by atoms with Crippen LogP contribution in [0.25, 0.3) is 76.5 Å². The van der Waals surface area contributed by atoms with E-state index in [1.165, 1.54) is 87.6 Å². The summed E-state index contributed by atoms with van der Waals surface area (Å²) in [6.07, 6.45) is 3.28. The van der Waals surface area contributed by atoms with E-state index in [0.717, 1.165) is 0 Å². The molecule has 0 nitrogen and oxygen atoms in total. The average molecular weight is 575 g/mol. The zero-order chi connectivity index (χ0) is 30.7. The molecule has 0 aliphatic heterocycles. The normalized spacial score (nSPS) is 13.0. The Hall–Kier alpha value is -5.46. The van der Waals surface area contributed by atoms with Crippen LogP contribution >= 0.6 is 0 Å². The summed E-state index contributed by atoms with van der Waals surface area (Å²) in [5, 5.41) is 10.6. The Kier molecular flexibility index (Phi) is 6.22. The van der Waals surface area contributed by atoms with E-state index in [4.69, 9.17) is 0 Å². The summed E-state index contributed by atoms with van der Waals surface area (Å²) in [5.41, 5.74) is 10.6. The quantitative estimate of drug-likeness (QED) is 0.145. The van der Waals surface area contributed by atoms with Gasteiger partial charge in [0.15, 0.2) is 0 Å². The Morgan fingerprint density at radius 3 is 1.58 bits per heavy atom. The number of fused-ring (bicyclic) bond motifs is 4. The van der Waals surface area contributed by atoms with Gasteiger partial charge in [0.05, 0.1) is 0 Å². The molecule has 0 saturated heterocycles. The van der Waals surface area contributed by atoms with Crippen LogP contribution in [0.15, 0.2) is 159 Å². The maximum Gasteiger partial charge on any atom is 0.0159 e. The monoisotopic (exact) mass is 574 g/mol. The van der Waals surface area contributed by atoms with Gasteiger partial charge in [-0.25, -0.2) is 0 Å². The molecule has 0 aromatic heterocycles. The van der Waals surface area contributed by atoms with Crippen molar-refractivity contribution in [3.8, 4) is 33.4 Å². The third kappa shape index (κ3) is 4.14. The van der Waals surface area contributed by atoms with Gasteiger partial charge in [0.25, 0.3) is 0 Å². The second-order valence-corrected chi connectivity index (χ2v) is 12.6. The van der Waals surface area contributed by atoms with Crippen LogP contribution in [0.5, 0.6) is 0 Å². The minimum absolute atomic E-state index is 0.0922. The highest BCUT2D eigenvalue weighted by Crippen LogP contribution is 2.51. The van der Waals surface area contributed by atoms with Crippen molar-refractivity contribution < 1.29 is 0 Å². The molecule has 8 aromatic carbocycles. The number of rotatable bonds is 3. The lowest BCUT2D eigenvalue weighted by Crippen LogP contribution is -2.15. The molecule has 0 N–H and O–H groups in total. The SMILES string of the molecule is C=CC=C.CC1(C)c2cc(-c3cccc4ccccc34)ccc2-c2ccc(-c3ccc4ccc5cccc6ccc3c4c56)cc21. The van der Waals surface area contributed by atoms with Crippen LogP contribution in [-0.2, 0) is 5.41 Å². The fourth-order valence-corrected chi connectivity index (χ4v) is 7.54. The number of benzene rings is 8. The van der Waals surface area contributed by atoms with Crippen LogP contribution in [0.4, 0.5) is 0 Å². The van der Waals surface area contributed by atoms with Crippen molar-refractivity contribution in [3.05, 3.63) is 170 Å². The molecule has 9 rings (SSSR count). The molecule has 8 aromatic rings. The molecular weight excluding hydrogens is 540 g/mol. The van der Waals surface area contributed by atoms with Gasteiger partial charge in [0.1, 0.15) is 0 Å². The van der Waals surface area contributed by atoms with Gasteiger partial charge in [0.2, 0.25) is 0 Å². The number of hydrogen-bond donors (Lipinski definition) is 0. The molecule has 0 unspecified atom stereocenters. The van der Waals surface area contributed by atoms with Gasteiger partial charge in [-0.15, -0.1) is 0 Å². The van der Waals surface area contributed by atoms with Gasteiger partial charge in [-0.3, -0.25) is 0 Å². The predicted molar refractivity (Wildman–Crippen MR) is 196 cm³/mol. The first kappa shape index (κ1) is 27.1. The van der Waals surface area contributed by atoms with Crippen LogP contribution in [0.1, 0.15) is 25.0 Å². The van der Waals surface area contributed by atoms with Crippen LogP contribution in [0.3, 0.4) is 0 Å². The van der Waals surface area contributed by atoms with Gasteiger partial charge in [-0.2, -0.15) is 0 Å². The molecule has 45 heavy (non-hydrogen) atoms. The lowest BCUT2D eigenvalue weighted by molar-refractivity contribution is 0.661. The minimum atomic E-state index is -0.0922. The first-order valence-electron chi connectivity index (χ1n) is 15.7. The first-order valence-corrected chi connectivity index (χ1v) is 15.7. The van der Waals surface area contributed by atoms with Crippen molar-refractivity contribution in [2.75, 3.05) is 0 Å². The van der Waals surface area contributed by atoms with Gasteiger partial charge >= 0.3 is 0 Å². The van der Waals surface area contributed by atoms with E-state index in [-0.39, 0.29) is 5.41 Å². The summed E-state index contributed by atoms with van der Waals surface area (Å²) >= 11 is 0. The Morgan fingerprint density at radius 2 is 0.911 bits per heavy atom. The highest BCUT2D eigenvalue weighted by atomic mass is 14.4. The third-order valence-corrected chi connectivity index (χ3v) is 9.78. The fraction of sp³-hybridized carbons (Fsp3) is 0.0667. The molecule has 0 bridgehead atoms. The average Bonchev–Trinajstić information content (AvgIpc) is 3.32. The standard InChI is InChI=1S/C41H28.C4H6/c1-41(2)37-23-29(32-12-6-8-25-7-3-4-11-31(25)32)17-20-34(37)35-21-18-30(24-38(35)41)33-19-15-28-14-13-26-9-5-10-27-16-22-36(33)40(28)39(26)27;1-3-4-2/h3-24H,1-2H3;3-4H,1-2H2. The summed E-state index contributed by atoms with van der Waals surface area (Å²) < 4.78 is 0. The van der Waals surface area contributed by atoms with Gasteiger partial charge in [-0.1, -0.05) is 160 Å². The van der Waals surface area contributed by atoms with Crippen molar-refractivity contribution >= 4 is 43.1 Å². The summed E-state index contributed by atoms with van der Waals surface area (Å²) in [5.74, 6) is 0. The molecule has 0 atom stereocenters. The summed E-state index contributed by atoms with van der Waals surface area (Å²) in [7, 11) is 0.